The predicted octanol–water partition coefficient (Wildman–Crippen LogP) is 3.55. The van der Waals surface area contributed by atoms with E-state index >= 15 is 0 Å². The number of halogens is 3. The first kappa shape index (κ1) is 13.0. The van der Waals surface area contributed by atoms with E-state index in [1.54, 1.807) is 6.07 Å². The van der Waals surface area contributed by atoms with Crippen molar-refractivity contribution in [1.29, 1.82) is 5.26 Å². The summed E-state index contributed by atoms with van der Waals surface area (Å²) >= 11 is 0. The maximum atomic E-state index is 13.5. The molecule has 96 valence electrons. The molecule has 2 aromatic carbocycles. The Balaban J connectivity index is 2.17. The monoisotopic (exact) mass is 263 g/mol. The Morgan fingerprint density at radius 3 is 2.26 bits per heavy atom. The minimum atomic E-state index is -0.853. The molecule has 0 atom stereocenters. The van der Waals surface area contributed by atoms with Crippen LogP contribution < -0.4 is 4.74 Å². The molecule has 0 heterocycles. The van der Waals surface area contributed by atoms with Crippen molar-refractivity contribution >= 4 is 0 Å². The van der Waals surface area contributed by atoms with Crippen molar-refractivity contribution in [1.82, 2.24) is 0 Å². The zero-order valence-corrected chi connectivity index (χ0v) is 9.66. The summed E-state index contributed by atoms with van der Waals surface area (Å²) in [5, 5.41) is 8.59. The molecule has 0 saturated heterocycles. The van der Waals surface area contributed by atoms with Gasteiger partial charge in [-0.25, -0.2) is 13.2 Å². The van der Waals surface area contributed by atoms with Crippen LogP contribution in [0.4, 0.5) is 13.2 Å². The molecule has 0 amide bonds. The predicted molar refractivity (Wildman–Crippen MR) is 61.8 cm³/mol. The smallest absolute Gasteiger partial charge is 0.191 e. The topological polar surface area (TPSA) is 33.0 Å². The van der Waals surface area contributed by atoms with Crippen LogP contribution in [0.2, 0.25) is 0 Å². The molecule has 0 aliphatic rings. The molecule has 5 heteroatoms. The van der Waals surface area contributed by atoms with Crippen LogP contribution in [0.1, 0.15) is 11.1 Å². The molecule has 2 nitrogen and oxygen atoms in total. The number of ether oxygens (including phenoxy) is 1. The Labute approximate surface area is 107 Å². The maximum absolute atomic E-state index is 13.5. The highest BCUT2D eigenvalue weighted by atomic mass is 19.1. The van der Waals surface area contributed by atoms with Crippen molar-refractivity contribution < 1.29 is 17.9 Å². The lowest BCUT2D eigenvalue weighted by molar-refractivity contribution is 0.269. The van der Waals surface area contributed by atoms with Crippen LogP contribution in [0.5, 0.6) is 5.75 Å². The lowest BCUT2D eigenvalue weighted by Crippen LogP contribution is -2.02. The Bertz CT molecular complexity index is 629. The zero-order chi connectivity index (χ0) is 13.8. The standard InChI is InChI=1S/C14H8F3NO/c15-11-2-1-3-12(16)14(11)19-8-10-5-4-9(7-18)6-13(10)17/h1-6H,8H2. The van der Waals surface area contributed by atoms with E-state index in [1.807, 2.05) is 0 Å². The molecule has 19 heavy (non-hydrogen) atoms. The molecule has 0 saturated carbocycles. The van der Waals surface area contributed by atoms with Gasteiger partial charge in [-0.2, -0.15) is 5.26 Å². The van der Waals surface area contributed by atoms with Crippen LogP contribution in [0.3, 0.4) is 0 Å². The SMILES string of the molecule is N#Cc1ccc(COc2c(F)cccc2F)c(F)c1. The third kappa shape index (κ3) is 2.86. The summed E-state index contributed by atoms with van der Waals surface area (Å²) in [6.45, 7) is -0.324. The molecule has 0 fully saturated rings. The molecule has 2 rings (SSSR count). The molecule has 0 aromatic heterocycles. The highest BCUT2D eigenvalue weighted by Crippen LogP contribution is 2.22. The Morgan fingerprint density at radius 2 is 1.68 bits per heavy atom. The van der Waals surface area contributed by atoms with Crippen molar-refractivity contribution in [3.05, 3.63) is 65.0 Å². The lowest BCUT2D eigenvalue weighted by atomic mass is 10.1. The number of nitriles is 1. The first-order valence-electron chi connectivity index (χ1n) is 5.37. The van der Waals surface area contributed by atoms with Crippen LogP contribution in [-0.4, -0.2) is 0 Å². The van der Waals surface area contributed by atoms with E-state index in [1.165, 1.54) is 18.2 Å². The Morgan fingerprint density at radius 1 is 1.00 bits per heavy atom. The molecule has 0 radical (unpaired) electrons. The minimum Gasteiger partial charge on any atom is -0.483 e. The molecule has 0 spiro atoms. The lowest BCUT2D eigenvalue weighted by Gasteiger charge is -2.09. The summed E-state index contributed by atoms with van der Waals surface area (Å²) in [7, 11) is 0. The van der Waals surface area contributed by atoms with Gasteiger partial charge >= 0.3 is 0 Å². The first-order valence-corrected chi connectivity index (χ1v) is 5.37. The van der Waals surface area contributed by atoms with Crippen LogP contribution in [-0.2, 0) is 6.61 Å². The van der Waals surface area contributed by atoms with Crippen molar-refractivity contribution in [3.63, 3.8) is 0 Å². The zero-order valence-electron chi connectivity index (χ0n) is 9.66. The summed E-state index contributed by atoms with van der Waals surface area (Å²) in [4.78, 5) is 0. The Kier molecular flexibility index (Phi) is 3.71. The van der Waals surface area contributed by atoms with Gasteiger partial charge in [0.2, 0.25) is 0 Å². The van der Waals surface area contributed by atoms with E-state index in [9.17, 15) is 13.2 Å². The summed E-state index contributed by atoms with van der Waals surface area (Å²) in [5.74, 6) is -2.91. The molecule has 2 aromatic rings. The van der Waals surface area contributed by atoms with Crippen molar-refractivity contribution in [3.8, 4) is 11.8 Å². The highest BCUT2D eigenvalue weighted by Gasteiger charge is 2.11. The van der Waals surface area contributed by atoms with Gasteiger partial charge in [0.15, 0.2) is 17.4 Å². The highest BCUT2D eigenvalue weighted by molar-refractivity contribution is 5.33. The average molecular weight is 263 g/mol. The van der Waals surface area contributed by atoms with Gasteiger partial charge in [-0.1, -0.05) is 12.1 Å². The fraction of sp³-hybridized carbons (Fsp3) is 0.0714. The van der Waals surface area contributed by atoms with Gasteiger partial charge < -0.3 is 4.74 Å². The number of benzene rings is 2. The van der Waals surface area contributed by atoms with Crippen molar-refractivity contribution in [2.45, 2.75) is 6.61 Å². The number of para-hydroxylation sites is 1. The van der Waals surface area contributed by atoms with Gasteiger partial charge in [0.1, 0.15) is 12.4 Å². The van der Waals surface area contributed by atoms with E-state index in [-0.39, 0.29) is 17.7 Å². The van der Waals surface area contributed by atoms with Crippen molar-refractivity contribution in [2.24, 2.45) is 0 Å². The van der Waals surface area contributed by atoms with Gasteiger partial charge in [0.25, 0.3) is 0 Å². The van der Waals surface area contributed by atoms with E-state index in [4.69, 9.17) is 10.00 Å². The van der Waals surface area contributed by atoms with Crippen LogP contribution in [0.25, 0.3) is 0 Å². The van der Waals surface area contributed by atoms with Crippen LogP contribution >= 0.6 is 0 Å². The number of hydrogen-bond donors (Lipinski definition) is 0. The summed E-state index contributed by atoms with van der Waals surface area (Å²) in [6.07, 6.45) is 0. The van der Waals surface area contributed by atoms with Crippen LogP contribution in [0, 0.1) is 28.8 Å². The molecule has 0 aliphatic heterocycles. The molecule has 0 aliphatic carbocycles. The van der Waals surface area contributed by atoms with Gasteiger partial charge in [-0.05, 0) is 24.3 Å². The molecule has 0 N–H and O–H groups in total. The quantitative estimate of drug-likeness (QED) is 0.848. The van der Waals surface area contributed by atoms with Gasteiger partial charge in [0.05, 0.1) is 11.6 Å². The first-order chi connectivity index (χ1) is 9.11. The third-order valence-electron chi connectivity index (χ3n) is 2.47. The fourth-order valence-electron chi connectivity index (χ4n) is 1.50. The number of rotatable bonds is 3. The maximum Gasteiger partial charge on any atom is 0.191 e. The van der Waals surface area contributed by atoms with E-state index < -0.39 is 23.2 Å². The number of hydrogen-bond acceptors (Lipinski definition) is 2. The summed E-state index contributed by atoms with van der Waals surface area (Å²) < 4.78 is 45.0. The van der Waals surface area contributed by atoms with Gasteiger partial charge in [-0.15, -0.1) is 0 Å². The summed E-state index contributed by atoms with van der Waals surface area (Å²) in [5.41, 5.74) is 0.278. The average Bonchev–Trinajstić information content (AvgIpc) is 2.39. The van der Waals surface area contributed by atoms with Crippen LogP contribution in [0.15, 0.2) is 36.4 Å². The molecule has 0 unspecified atom stereocenters. The molecular weight excluding hydrogens is 255 g/mol. The van der Waals surface area contributed by atoms with E-state index in [0.717, 1.165) is 18.2 Å². The Hall–Kier alpha value is -2.48. The van der Waals surface area contributed by atoms with E-state index in [0.29, 0.717) is 0 Å². The largest absolute Gasteiger partial charge is 0.483 e. The summed E-state index contributed by atoms with van der Waals surface area (Å²) in [6, 6.07) is 8.87. The second-order valence-corrected chi connectivity index (χ2v) is 3.76. The normalized spacial score (nSPS) is 10.0. The second-order valence-electron chi connectivity index (χ2n) is 3.76. The number of nitrogens with zero attached hydrogens (tertiary/aromatic N) is 1. The van der Waals surface area contributed by atoms with Crippen molar-refractivity contribution in [2.75, 3.05) is 0 Å². The third-order valence-corrected chi connectivity index (χ3v) is 2.47. The molecular formula is C14H8F3NO. The van der Waals surface area contributed by atoms with Gasteiger partial charge in [0, 0.05) is 5.56 Å². The molecule has 0 bridgehead atoms. The fourth-order valence-corrected chi connectivity index (χ4v) is 1.50. The van der Waals surface area contributed by atoms with E-state index in [2.05, 4.69) is 0 Å². The van der Waals surface area contributed by atoms with Gasteiger partial charge in [-0.3, -0.25) is 0 Å². The minimum absolute atomic E-state index is 0.113. The second kappa shape index (κ2) is 5.44.